The third-order valence-corrected chi connectivity index (χ3v) is 2.72. The monoisotopic (exact) mass is 211 g/mol. The average molecular weight is 211 g/mol. The van der Waals surface area contributed by atoms with Gasteiger partial charge in [0.1, 0.15) is 12.4 Å². The number of ether oxygens (including phenoxy) is 1. The minimum Gasteiger partial charge on any atom is -0.490 e. The quantitative estimate of drug-likeness (QED) is 0.754. The Hall–Kier alpha value is -1.36. The Labute approximate surface area is 87.8 Å². The molecule has 1 aromatic heterocycles. The van der Waals surface area contributed by atoms with Crippen molar-refractivity contribution in [3.8, 4) is 5.75 Å². The summed E-state index contributed by atoms with van der Waals surface area (Å²) in [7, 11) is 2.05. The Morgan fingerprint density at radius 3 is 3.07 bits per heavy atom. The van der Waals surface area contributed by atoms with Crippen molar-refractivity contribution >= 4 is 5.69 Å². The fourth-order valence-electron chi connectivity index (χ4n) is 1.50. The number of rotatable bonds is 3. The fourth-order valence-corrected chi connectivity index (χ4v) is 1.50. The van der Waals surface area contributed by atoms with Gasteiger partial charge in [-0.2, -0.15) is 4.39 Å². The van der Waals surface area contributed by atoms with E-state index >= 15 is 0 Å². The van der Waals surface area contributed by atoms with Crippen LogP contribution in [0.5, 0.6) is 5.75 Å². The molecule has 0 aliphatic carbocycles. The predicted octanol–water partition coefficient (Wildman–Crippen LogP) is 0.886. The van der Waals surface area contributed by atoms with E-state index in [4.69, 9.17) is 10.5 Å². The number of aromatic nitrogens is 1. The van der Waals surface area contributed by atoms with Crippen LogP contribution in [0.1, 0.15) is 6.42 Å². The van der Waals surface area contributed by atoms with Gasteiger partial charge in [-0.05, 0) is 20.0 Å². The Kier molecular flexibility index (Phi) is 2.73. The average Bonchev–Trinajstić information content (AvgIpc) is 2.21. The molecule has 2 heterocycles. The van der Waals surface area contributed by atoms with Crippen molar-refractivity contribution < 1.29 is 9.13 Å². The summed E-state index contributed by atoms with van der Waals surface area (Å²) in [5, 5.41) is 0. The van der Waals surface area contributed by atoms with Gasteiger partial charge in [0.05, 0.1) is 11.9 Å². The van der Waals surface area contributed by atoms with Crippen molar-refractivity contribution in [2.75, 3.05) is 25.9 Å². The first-order valence-corrected chi connectivity index (χ1v) is 4.91. The number of nitrogens with two attached hydrogens (primary N) is 1. The number of hydrogen-bond donors (Lipinski definition) is 1. The maximum atomic E-state index is 12.7. The number of nitrogen functional groups attached to an aromatic ring is 1. The van der Waals surface area contributed by atoms with Crippen LogP contribution in [-0.4, -0.2) is 36.1 Å². The van der Waals surface area contributed by atoms with E-state index in [0.717, 1.165) is 13.0 Å². The standard InChI is InChI=1S/C10H14FN3O/c1-14-3-2-7(14)6-15-8-4-9(12)10(11)13-5-8/h4-5,7H,2-3,6,12H2,1H3/t7-/m1/s1. The van der Waals surface area contributed by atoms with Gasteiger partial charge in [-0.3, -0.25) is 4.90 Å². The van der Waals surface area contributed by atoms with Crippen LogP contribution >= 0.6 is 0 Å². The molecule has 0 unspecified atom stereocenters. The summed E-state index contributed by atoms with van der Waals surface area (Å²) in [6, 6.07) is 1.91. The first-order valence-electron chi connectivity index (χ1n) is 4.91. The van der Waals surface area contributed by atoms with Gasteiger partial charge in [0.25, 0.3) is 0 Å². The van der Waals surface area contributed by atoms with Crippen molar-refractivity contribution in [2.24, 2.45) is 0 Å². The Morgan fingerprint density at radius 2 is 2.53 bits per heavy atom. The van der Waals surface area contributed by atoms with E-state index in [1.807, 2.05) is 0 Å². The van der Waals surface area contributed by atoms with Gasteiger partial charge in [0, 0.05) is 12.1 Å². The molecule has 4 nitrogen and oxygen atoms in total. The maximum absolute atomic E-state index is 12.7. The van der Waals surface area contributed by atoms with Gasteiger partial charge in [-0.25, -0.2) is 4.98 Å². The highest BCUT2D eigenvalue weighted by Crippen LogP contribution is 2.19. The van der Waals surface area contributed by atoms with E-state index < -0.39 is 5.95 Å². The summed E-state index contributed by atoms with van der Waals surface area (Å²) in [5.74, 6) is -0.127. The highest BCUT2D eigenvalue weighted by atomic mass is 19.1. The Morgan fingerprint density at radius 1 is 1.73 bits per heavy atom. The van der Waals surface area contributed by atoms with Crippen LogP contribution in [0.2, 0.25) is 0 Å². The summed E-state index contributed by atoms with van der Waals surface area (Å²) in [6.07, 6.45) is 2.49. The first-order chi connectivity index (χ1) is 7.16. The summed E-state index contributed by atoms with van der Waals surface area (Å²) in [4.78, 5) is 5.70. The highest BCUT2D eigenvalue weighted by molar-refractivity contribution is 5.41. The molecule has 0 saturated carbocycles. The lowest BCUT2D eigenvalue weighted by atomic mass is 10.1. The molecule has 0 radical (unpaired) electrons. The van der Waals surface area contributed by atoms with E-state index in [1.165, 1.54) is 12.3 Å². The molecular weight excluding hydrogens is 197 g/mol. The number of halogens is 1. The molecule has 0 spiro atoms. The minimum atomic E-state index is -0.650. The van der Waals surface area contributed by atoms with Crippen molar-refractivity contribution in [2.45, 2.75) is 12.5 Å². The molecule has 1 atom stereocenters. The molecule has 5 heteroatoms. The van der Waals surface area contributed by atoms with Gasteiger partial charge in [-0.15, -0.1) is 0 Å². The van der Waals surface area contributed by atoms with Crippen LogP contribution in [0.3, 0.4) is 0 Å². The second kappa shape index (κ2) is 4.02. The topological polar surface area (TPSA) is 51.4 Å². The molecule has 0 bridgehead atoms. The summed E-state index contributed by atoms with van der Waals surface area (Å²) < 4.78 is 18.2. The fraction of sp³-hybridized carbons (Fsp3) is 0.500. The molecule has 2 N–H and O–H groups in total. The molecule has 1 aliphatic rings. The Balaban J connectivity index is 1.90. The lowest BCUT2D eigenvalue weighted by Crippen LogP contribution is -2.48. The number of nitrogens with zero attached hydrogens (tertiary/aromatic N) is 2. The molecule has 15 heavy (non-hydrogen) atoms. The van der Waals surface area contributed by atoms with Crippen LogP contribution in [-0.2, 0) is 0 Å². The highest BCUT2D eigenvalue weighted by Gasteiger charge is 2.24. The number of hydrogen-bond acceptors (Lipinski definition) is 4. The minimum absolute atomic E-state index is 0.0227. The molecule has 1 aromatic rings. The van der Waals surface area contributed by atoms with Crippen LogP contribution in [0.15, 0.2) is 12.3 Å². The van der Waals surface area contributed by atoms with Crippen molar-refractivity contribution in [1.82, 2.24) is 9.88 Å². The lowest BCUT2D eigenvalue weighted by Gasteiger charge is -2.37. The van der Waals surface area contributed by atoms with Crippen molar-refractivity contribution in [1.29, 1.82) is 0 Å². The van der Waals surface area contributed by atoms with Gasteiger partial charge in [0.2, 0.25) is 5.95 Å². The largest absolute Gasteiger partial charge is 0.490 e. The van der Waals surface area contributed by atoms with E-state index in [2.05, 4.69) is 16.9 Å². The van der Waals surface area contributed by atoms with Crippen LogP contribution in [0.4, 0.5) is 10.1 Å². The van der Waals surface area contributed by atoms with E-state index in [-0.39, 0.29) is 5.69 Å². The predicted molar refractivity (Wildman–Crippen MR) is 55.1 cm³/mol. The van der Waals surface area contributed by atoms with Crippen molar-refractivity contribution in [3.63, 3.8) is 0 Å². The second-order valence-electron chi connectivity index (χ2n) is 3.79. The molecule has 82 valence electrons. The van der Waals surface area contributed by atoms with E-state index in [0.29, 0.717) is 18.4 Å². The number of anilines is 1. The van der Waals surface area contributed by atoms with Gasteiger partial charge < -0.3 is 10.5 Å². The number of pyridine rings is 1. The van der Waals surface area contributed by atoms with Gasteiger partial charge in [0.15, 0.2) is 0 Å². The van der Waals surface area contributed by atoms with E-state index in [9.17, 15) is 4.39 Å². The zero-order valence-electron chi connectivity index (χ0n) is 8.61. The van der Waals surface area contributed by atoms with Crippen LogP contribution in [0.25, 0.3) is 0 Å². The molecule has 1 saturated heterocycles. The SMILES string of the molecule is CN1CC[C@@H]1COc1cnc(F)c(N)c1. The normalized spacial score (nSPS) is 21.1. The molecule has 0 amide bonds. The van der Waals surface area contributed by atoms with Crippen molar-refractivity contribution in [3.05, 3.63) is 18.2 Å². The molecule has 1 aliphatic heterocycles. The second-order valence-corrected chi connectivity index (χ2v) is 3.79. The molecule has 0 aromatic carbocycles. The third kappa shape index (κ3) is 2.18. The summed E-state index contributed by atoms with van der Waals surface area (Å²) in [5.41, 5.74) is 5.40. The van der Waals surface area contributed by atoms with Crippen LogP contribution in [0, 0.1) is 5.95 Å². The number of likely N-dealkylation sites (N-methyl/N-ethyl adjacent to an activating group) is 1. The zero-order chi connectivity index (χ0) is 10.8. The van der Waals surface area contributed by atoms with Gasteiger partial charge >= 0.3 is 0 Å². The molecule has 1 fully saturated rings. The zero-order valence-corrected chi connectivity index (χ0v) is 8.61. The van der Waals surface area contributed by atoms with E-state index in [1.54, 1.807) is 0 Å². The lowest BCUT2D eigenvalue weighted by molar-refractivity contribution is 0.0767. The summed E-state index contributed by atoms with van der Waals surface area (Å²) in [6.45, 7) is 1.71. The van der Waals surface area contributed by atoms with Crippen LogP contribution < -0.4 is 10.5 Å². The van der Waals surface area contributed by atoms with Gasteiger partial charge in [-0.1, -0.05) is 0 Å². The number of likely N-dealkylation sites (tertiary alicyclic amines) is 1. The maximum Gasteiger partial charge on any atom is 0.236 e. The first kappa shape index (κ1) is 10.2. The molecule has 2 rings (SSSR count). The molecular formula is C10H14FN3O. The smallest absolute Gasteiger partial charge is 0.236 e. The third-order valence-electron chi connectivity index (χ3n) is 2.72. The summed E-state index contributed by atoms with van der Waals surface area (Å²) >= 11 is 0. The Bertz CT molecular complexity index is 359.